The first-order valence-electron chi connectivity index (χ1n) is 15.4. The van der Waals surface area contributed by atoms with Gasteiger partial charge in [-0.3, -0.25) is 14.5 Å². The van der Waals surface area contributed by atoms with Crippen LogP contribution in [0, 0.1) is 5.41 Å². The summed E-state index contributed by atoms with van der Waals surface area (Å²) in [5, 5.41) is 4.46. The van der Waals surface area contributed by atoms with Crippen molar-refractivity contribution in [3.05, 3.63) is 81.8 Å². The molecule has 6 heterocycles. The molecule has 11 nitrogen and oxygen atoms in total. The van der Waals surface area contributed by atoms with Crippen LogP contribution in [-0.2, 0) is 17.1 Å². The monoisotopic (exact) mass is 626 g/mol. The lowest BCUT2D eigenvalue weighted by atomic mass is 9.90. The van der Waals surface area contributed by atoms with Gasteiger partial charge in [0.15, 0.2) is 17.3 Å². The summed E-state index contributed by atoms with van der Waals surface area (Å²) in [6.07, 6.45) is 6.08. The molecule has 1 saturated carbocycles. The largest absolute Gasteiger partial charge is 0.443 e. The van der Waals surface area contributed by atoms with Crippen LogP contribution in [-0.4, -0.2) is 50.5 Å². The average Bonchev–Trinajstić information content (AvgIpc) is 3.31. The van der Waals surface area contributed by atoms with Gasteiger partial charge >= 0.3 is 5.76 Å². The van der Waals surface area contributed by atoms with Crippen molar-refractivity contribution < 1.29 is 18.7 Å². The van der Waals surface area contributed by atoms with E-state index in [1.807, 2.05) is 43.3 Å². The van der Waals surface area contributed by atoms with Gasteiger partial charge in [0.05, 0.1) is 34.4 Å². The van der Waals surface area contributed by atoms with Crippen LogP contribution < -0.4 is 20.1 Å². The minimum Gasteiger partial charge on any atom is -0.443 e. The predicted molar refractivity (Wildman–Crippen MR) is 166 cm³/mol. The highest BCUT2D eigenvalue weighted by Gasteiger charge is 2.58. The Labute approximate surface area is 263 Å². The maximum Gasteiger partial charge on any atom is 0.439 e. The predicted octanol–water partition coefficient (Wildman–Crippen LogP) is 5.64. The zero-order valence-electron chi connectivity index (χ0n) is 24.7. The third-order valence-corrected chi connectivity index (χ3v) is 10.2. The van der Waals surface area contributed by atoms with Crippen molar-refractivity contribution in [2.75, 3.05) is 24.6 Å². The van der Waals surface area contributed by atoms with Crippen LogP contribution in [0.25, 0.3) is 22.4 Å². The number of piperidine rings is 1. The molecule has 4 aliphatic rings. The van der Waals surface area contributed by atoms with Crippen LogP contribution >= 0.6 is 11.6 Å². The Morgan fingerprint density at radius 2 is 1.98 bits per heavy atom. The maximum absolute atomic E-state index is 11.6. The highest BCUT2D eigenvalue weighted by molar-refractivity contribution is 6.30. The van der Waals surface area contributed by atoms with Gasteiger partial charge in [-0.1, -0.05) is 22.8 Å². The number of H-pyrrole nitrogens is 1. The summed E-state index contributed by atoms with van der Waals surface area (Å²) >= 11 is 6.07. The quantitative estimate of drug-likeness (QED) is 0.255. The smallest absolute Gasteiger partial charge is 0.439 e. The normalized spacial score (nSPS) is 24.7. The molecular weight excluding hydrogens is 596 g/mol. The summed E-state index contributed by atoms with van der Waals surface area (Å²) in [4.78, 5) is 26.3. The highest BCUT2D eigenvalue weighted by Crippen LogP contribution is 2.65. The number of para-hydroxylation sites is 1. The Kier molecular flexibility index (Phi) is 5.89. The van der Waals surface area contributed by atoms with Crippen molar-refractivity contribution in [2.45, 2.75) is 57.0 Å². The first kappa shape index (κ1) is 27.0. The fourth-order valence-electron chi connectivity index (χ4n) is 7.30. The number of rotatable bonds is 6. The van der Waals surface area contributed by atoms with Crippen LogP contribution in [0.3, 0.4) is 0 Å². The third-order valence-electron chi connectivity index (χ3n) is 10.0. The van der Waals surface area contributed by atoms with E-state index in [-0.39, 0.29) is 11.5 Å². The van der Waals surface area contributed by atoms with Crippen LogP contribution in [0.2, 0.25) is 5.02 Å². The second-order valence-corrected chi connectivity index (χ2v) is 13.2. The van der Waals surface area contributed by atoms with E-state index >= 15 is 0 Å². The lowest BCUT2D eigenvalue weighted by Gasteiger charge is -2.35. The Balaban J connectivity index is 0.965. The van der Waals surface area contributed by atoms with E-state index < -0.39 is 11.5 Å². The average molecular weight is 627 g/mol. The van der Waals surface area contributed by atoms with Crippen molar-refractivity contribution >= 4 is 28.3 Å². The topological polar surface area (TPSA) is 121 Å². The number of benzene rings is 2. The van der Waals surface area contributed by atoms with Gasteiger partial charge in [0, 0.05) is 44.3 Å². The van der Waals surface area contributed by atoms with Crippen LogP contribution in [0.5, 0.6) is 11.5 Å². The van der Waals surface area contributed by atoms with Crippen LogP contribution in [0.15, 0.2) is 64.0 Å². The number of hydrogen-bond acceptors (Lipinski definition) is 9. The summed E-state index contributed by atoms with van der Waals surface area (Å²) in [5.74, 6) is 1.81. The van der Waals surface area contributed by atoms with E-state index in [9.17, 15) is 4.79 Å². The number of nitrogens with one attached hydrogen (secondary N) is 1. The molecular formula is C33H31ClN6O5. The van der Waals surface area contributed by atoms with E-state index in [0.717, 1.165) is 91.5 Å². The van der Waals surface area contributed by atoms with Crippen LogP contribution in [0.4, 0.5) is 5.69 Å². The summed E-state index contributed by atoms with van der Waals surface area (Å²) in [5.41, 5.74) is 4.69. The molecule has 5 aromatic rings. The number of nitrogens with zero attached hydrogens (tertiary/aromatic N) is 5. The lowest BCUT2D eigenvalue weighted by Crippen LogP contribution is -2.36. The molecule has 3 aliphatic heterocycles. The van der Waals surface area contributed by atoms with Gasteiger partial charge in [0.2, 0.25) is 0 Å². The lowest BCUT2D eigenvalue weighted by molar-refractivity contribution is -0.0716. The molecule has 0 bridgehead atoms. The molecule has 3 atom stereocenters. The van der Waals surface area contributed by atoms with Crippen molar-refractivity contribution in [3.63, 3.8) is 0 Å². The Bertz CT molecular complexity index is 1990. The molecule has 45 heavy (non-hydrogen) atoms. The minimum atomic E-state index is -1.02. The van der Waals surface area contributed by atoms with Gasteiger partial charge in [-0.25, -0.2) is 9.78 Å². The molecule has 2 saturated heterocycles. The highest BCUT2D eigenvalue weighted by atomic mass is 35.5. The first-order chi connectivity index (χ1) is 21.9. The first-order valence-corrected chi connectivity index (χ1v) is 15.8. The number of aromatic amines is 1. The van der Waals surface area contributed by atoms with Crippen LogP contribution in [0.1, 0.15) is 50.0 Å². The van der Waals surface area contributed by atoms with E-state index in [1.54, 1.807) is 12.3 Å². The van der Waals surface area contributed by atoms with Crippen molar-refractivity contribution in [3.8, 4) is 22.9 Å². The van der Waals surface area contributed by atoms with E-state index in [4.69, 9.17) is 35.3 Å². The second kappa shape index (κ2) is 9.82. The molecule has 3 fully saturated rings. The molecule has 230 valence electrons. The maximum atomic E-state index is 11.6. The molecule has 0 amide bonds. The number of hydrogen-bond donors (Lipinski definition) is 1. The summed E-state index contributed by atoms with van der Waals surface area (Å²) in [7, 11) is 0. The molecule has 1 spiro atoms. The van der Waals surface area contributed by atoms with Gasteiger partial charge in [0.1, 0.15) is 11.5 Å². The molecule has 3 aromatic heterocycles. The number of imidazole rings is 1. The number of halogens is 1. The number of pyridine rings is 1. The molecule has 1 N–H and O–H groups in total. The number of anilines is 1. The Hall–Kier alpha value is -4.35. The number of fused-ring (bicyclic) bond motifs is 2. The summed E-state index contributed by atoms with van der Waals surface area (Å²) < 4.78 is 25.7. The Morgan fingerprint density at radius 3 is 2.71 bits per heavy atom. The second-order valence-electron chi connectivity index (χ2n) is 12.7. The standard InChI is InChI=1S/C33H31ClN6O5/c1-32(27-8-6-20(34)17-35-27)43-26-4-2-3-24(28(26)44-32)39-12-10-33(11-13-39)16-22(33)30-36-23-7-5-19(29-37-31(41)45-38-29)15-25(23)40(30)18-21-9-14-42-21/h2-8,15,17,21-22H,9-14,16,18H2,1H3,(H,37,38,41)/t21-,22?,32?/m0/s1. The third kappa shape index (κ3) is 4.43. The molecule has 9 rings (SSSR count). The van der Waals surface area contributed by atoms with E-state index in [2.05, 4.69) is 30.7 Å². The molecule has 1 aliphatic carbocycles. The molecule has 2 aromatic carbocycles. The van der Waals surface area contributed by atoms with E-state index in [1.165, 1.54) is 0 Å². The molecule has 2 unspecified atom stereocenters. The van der Waals surface area contributed by atoms with Gasteiger partial charge in [-0.2, -0.15) is 0 Å². The summed E-state index contributed by atoms with van der Waals surface area (Å²) in [6.45, 7) is 5.29. The SMILES string of the molecule is CC1(c2ccc(Cl)cn2)Oc2cccc(N3CCC4(CC3)CC4c3nc4ccc(-c5noc(=O)[nH]5)cc4n3C[C@@H]3CCO3)c2O1. The summed E-state index contributed by atoms with van der Waals surface area (Å²) in [6, 6.07) is 15.7. The van der Waals surface area contributed by atoms with Crippen molar-refractivity contribution in [2.24, 2.45) is 5.41 Å². The zero-order valence-corrected chi connectivity index (χ0v) is 25.4. The van der Waals surface area contributed by atoms with Crippen molar-refractivity contribution in [1.82, 2.24) is 24.7 Å². The van der Waals surface area contributed by atoms with Gasteiger partial charge in [-0.15, -0.1) is 0 Å². The van der Waals surface area contributed by atoms with Crippen molar-refractivity contribution in [1.29, 1.82) is 0 Å². The minimum absolute atomic E-state index is 0.185. The molecule has 0 radical (unpaired) electrons. The fraction of sp³-hybridized carbons (Fsp3) is 0.394. The van der Waals surface area contributed by atoms with E-state index in [0.29, 0.717) is 22.5 Å². The van der Waals surface area contributed by atoms with Gasteiger partial charge in [0.25, 0.3) is 5.79 Å². The fourth-order valence-corrected chi connectivity index (χ4v) is 7.41. The van der Waals surface area contributed by atoms with Gasteiger partial charge in [-0.05, 0) is 73.6 Å². The number of aromatic nitrogens is 5. The molecule has 12 heteroatoms. The Morgan fingerprint density at radius 1 is 1.11 bits per heavy atom. The zero-order chi connectivity index (χ0) is 30.3. The number of ether oxygens (including phenoxy) is 3. The van der Waals surface area contributed by atoms with Gasteiger partial charge < -0.3 is 23.7 Å².